The molecular formula is C20H28N2O2. The van der Waals surface area contributed by atoms with E-state index >= 15 is 0 Å². The number of amides is 2. The molecule has 0 heterocycles. The fraction of sp³-hybridized carbons (Fsp3) is 0.500. The van der Waals surface area contributed by atoms with Gasteiger partial charge in [-0.3, -0.25) is 9.59 Å². The first-order valence-corrected chi connectivity index (χ1v) is 8.94. The van der Waals surface area contributed by atoms with Crippen molar-refractivity contribution in [2.24, 2.45) is 0 Å². The van der Waals surface area contributed by atoms with Crippen LogP contribution in [-0.4, -0.2) is 18.4 Å². The normalized spacial score (nSPS) is 15.3. The van der Waals surface area contributed by atoms with E-state index in [0.29, 0.717) is 6.54 Å². The number of nitrogens with one attached hydrogen (secondary N) is 2. The molecule has 0 saturated carbocycles. The van der Waals surface area contributed by atoms with Crippen molar-refractivity contribution < 1.29 is 9.59 Å². The van der Waals surface area contributed by atoms with Crippen LogP contribution < -0.4 is 10.6 Å². The first kappa shape index (κ1) is 18.2. The third-order valence-electron chi connectivity index (χ3n) is 4.41. The van der Waals surface area contributed by atoms with Crippen LogP contribution in [0.15, 0.2) is 42.0 Å². The molecule has 0 saturated heterocycles. The van der Waals surface area contributed by atoms with Crippen molar-refractivity contribution >= 4 is 11.8 Å². The molecule has 4 heteroatoms. The van der Waals surface area contributed by atoms with Crippen LogP contribution in [0.25, 0.3) is 0 Å². The van der Waals surface area contributed by atoms with E-state index in [9.17, 15) is 9.59 Å². The average Bonchev–Trinajstić information content (AvgIpc) is 2.61. The summed E-state index contributed by atoms with van der Waals surface area (Å²) in [6, 6.07) is 9.78. The summed E-state index contributed by atoms with van der Waals surface area (Å²) in [6.45, 7) is 2.62. The van der Waals surface area contributed by atoms with Gasteiger partial charge in [-0.2, -0.15) is 0 Å². The van der Waals surface area contributed by atoms with Gasteiger partial charge in [-0.1, -0.05) is 42.0 Å². The summed E-state index contributed by atoms with van der Waals surface area (Å²) < 4.78 is 0. The van der Waals surface area contributed by atoms with Crippen LogP contribution in [0.3, 0.4) is 0 Å². The van der Waals surface area contributed by atoms with E-state index in [-0.39, 0.29) is 30.7 Å². The van der Waals surface area contributed by atoms with Gasteiger partial charge in [0.2, 0.25) is 11.8 Å². The van der Waals surface area contributed by atoms with E-state index in [0.717, 1.165) is 18.4 Å². The molecule has 0 fully saturated rings. The van der Waals surface area contributed by atoms with Crippen molar-refractivity contribution in [2.45, 2.75) is 57.9 Å². The molecule has 24 heavy (non-hydrogen) atoms. The fourth-order valence-corrected chi connectivity index (χ4v) is 2.95. The first-order chi connectivity index (χ1) is 11.6. The second-order valence-corrected chi connectivity index (χ2v) is 6.41. The minimum Gasteiger partial charge on any atom is -0.356 e. The fourth-order valence-electron chi connectivity index (χ4n) is 2.95. The average molecular weight is 328 g/mol. The topological polar surface area (TPSA) is 58.2 Å². The lowest BCUT2D eigenvalue weighted by molar-refractivity contribution is -0.126. The van der Waals surface area contributed by atoms with Crippen molar-refractivity contribution in [1.29, 1.82) is 0 Å². The molecule has 1 aliphatic rings. The standard InChI is InChI=1S/C20H28N2O2/c1-16(18-10-6-3-7-11-18)22-20(24)13-12-19(23)21-15-14-17-8-4-2-5-9-17/h3,6-8,10-11,16H,2,4-5,9,12-15H2,1H3,(H,21,23)(H,22,24)/t16-/m0/s1. The lowest BCUT2D eigenvalue weighted by Crippen LogP contribution is -2.30. The summed E-state index contributed by atoms with van der Waals surface area (Å²) in [5.41, 5.74) is 2.52. The Morgan fingerprint density at radius 3 is 2.54 bits per heavy atom. The van der Waals surface area contributed by atoms with Crippen LogP contribution in [-0.2, 0) is 9.59 Å². The van der Waals surface area contributed by atoms with Crippen molar-refractivity contribution in [3.05, 3.63) is 47.5 Å². The third kappa shape index (κ3) is 6.57. The highest BCUT2D eigenvalue weighted by atomic mass is 16.2. The molecular weight excluding hydrogens is 300 g/mol. The van der Waals surface area contributed by atoms with Crippen LogP contribution >= 0.6 is 0 Å². The van der Waals surface area contributed by atoms with Gasteiger partial charge in [-0.25, -0.2) is 0 Å². The number of hydrogen-bond donors (Lipinski definition) is 2. The predicted molar refractivity (Wildman–Crippen MR) is 96.4 cm³/mol. The smallest absolute Gasteiger partial charge is 0.220 e. The summed E-state index contributed by atoms with van der Waals surface area (Å²) >= 11 is 0. The minimum absolute atomic E-state index is 0.0417. The van der Waals surface area contributed by atoms with Gasteiger partial charge >= 0.3 is 0 Å². The van der Waals surface area contributed by atoms with E-state index in [1.54, 1.807) is 0 Å². The monoisotopic (exact) mass is 328 g/mol. The van der Waals surface area contributed by atoms with Gasteiger partial charge in [0.1, 0.15) is 0 Å². The highest BCUT2D eigenvalue weighted by Gasteiger charge is 2.11. The number of hydrogen-bond acceptors (Lipinski definition) is 2. The summed E-state index contributed by atoms with van der Waals surface area (Å²) in [4.78, 5) is 23.8. The minimum atomic E-state index is -0.0866. The van der Waals surface area contributed by atoms with E-state index < -0.39 is 0 Å². The predicted octanol–water partition coefficient (Wildman–Crippen LogP) is 3.65. The Morgan fingerprint density at radius 2 is 1.83 bits per heavy atom. The molecule has 0 aliphatic heterocycles. The van der Waals surface area contributed by atoms with Gasteiger partial charge in [-0.15, -0.1) is 0 Å². The molecule has 1 aromatic rings. The molecule has 2 rings (SSSR count). The maximum Gasteiger partial charge on any atom is 0.220 e. The molecule has 0 unspecified atom stereocenters. The molecule has 4 nitrogen and oxygen atoms in total. The van der Waals surface area contributed by atoms with Crippen LogP contribution in [0.5, 0.6) is 0 Å². The third-order valence-corrected chi connectivity index (χ3v) is 4.41. The lowest BCUT2D eigenvalue weighted by atomic mass is 9.97. The molecule has 2 N–H and O–H groups in total. The number of carbonyl (C=O) groups excluding carboxylic acids is 2. The zero-order valence-electron chi connectivity index (χ0n) is 14.5. The molecule has 1 aliphatic carbocycles. The second-order valence-electron chi connectivity index (χ2n) is 6.41. The number of allylic oxidation sites excluding steroid dienone is 1. The van der Waals surface area contributed by atoms with Gasteiger partial charge in [0, 0.05) is 19.4 Å². The molecule has 0 bridgehead atoms. The van der Waals surface area contributed by atoms with E-state index in [4.69, 9.17) is 0 Å². The second kappa shape index (κ2) is 9.91. The maximum absolute atomic E-state index is 12.0. The first-order valence-electron chi connectivity index (χ1n) is 8.94. The Balaban J connectivity index is 1.60. The molecule has 0 radical (unpaired) electrons. The van der Waals surface area contributed by atoms with E-state index in [1.807, 2.05) is 37.3 Å². The number of rotatable bonds is 8. The van der Waals surface area contributed by atoms with Gasteiger partial charge in [0.15, 0.2) is 0 Å². The maximum atomic E-state index is 12.0. The number of benzene rings is 1. The number of carbonyl (C=O) groups is 2. The summed E-state index contributed by atoms with van der Waals surface area (Å²) in [6.07, 6.45) is 8.58. The summed E-state index contributed by atoms with van der Waals surface area (Å²) in [5, 5.41) is 5.84. The van der Waals surface area contributed by atoms with Crippen LogP contribution in [0.1, 0.15) is 63.5 Å². The van der Waals surface area contributed by atoms with Gasteiger partial charge in [-0.05, 0) is 44.6 Å². The highest BCUT2D eigenvalue weighted by Crippen LogP contribution is 2.19. The van der Waals surface area contributed by atoms with Crippen molar-refractivity contribution in [2.75, 3.05) is 6.54 Å². The molecule has 0 aromatic heterocycles. The SMILES string of the molecule is C[C@H](NC(=O)CCC(=O)NCCC1=CCCCC1)c1ccccc1. The molecule has 1 aromatic carbocycles. The van der Waals surface area contributed by atoms with Crippen molar-refractivity contribution in [3.63, 3.8) is 0 Å². The van der Waals surface area contributed by atoms with E-state index in [2.05, 4.69) is 16.7 Å². The molecule has 130 valence electrons. The van der Waals surface area contributed by atoms with Crippen LogP contribution in [0.2, 0.25) is 0 Å². The zero-order chi connectivity index (χ0) is 17.2. The van der Waals surface area contributed by atoms with Crippen LogP contribution in [0, 0.1) is 0 Å². The quantitative estimate of drug-likeness (QED) is 0.716. The van der Waals surface area contributed by atoms with Crippen LogP contribution in [0.4, 0.5) is 0 Å². The van der Waals surface area contributed by atoms with Crippen molar-refractivity contribution in [3.8, 4) is 0 Å². The summed E-state index contributed by atoms with van der Waals surface area (Å²) in [7, 11) is 0. The Hall–Kier alpha value is -2.10. The largest absolute Gasteiger partial charge is 0.356 e. The molecule has 2 amide bonds. The zero-order valence-corrected chi connectivity index (χ0v) is 14.5. The summed E-state index contributed by atoms with van der Waals surface area (Å²) in [5.74, 6) is -0.134. The Kier molecular flexibility index (Phi) is 7.53. The Morgan fingerprint density at radius 1 is 1.08 bits per heavy atom. The van der Waals surface area contributed by atoms with Gasteiger partial charge in [0.25, 0.3) is 0 Å². The van der Waals surface area contributed by atoms with E-state index in [1.165, 1.54) is 24.8 Å². The van der Waals surface area contributed by atoms with Gasteiger partial charge < -0.3 is 10.6 Å². The Bertz CT molecular complexity index is 566. The lowest BCUT2D eigenvalue weighted by Gasteiger charge is -2.14. The highest BCUT2D eigenvalue weighted by molar-refractivity contribution is 5.83. The van der Waals surface area contributed by atoms with Gasteiger partial charge in [0.05, 0.1) is 6.04 Å². The molecule has 0 spiro atoms. The Labute approximate surface area is 144 Å². The molecule has 1 atom stereocenters. The van der Waals surface area contributed by atoms with Crippen molar-refractivity contribution in [1.82, 2.24) is 10.6 Å².